The molecule has 1 atom stereocenters. The fourth-order valence-electron chi connectivity index (χ4n) is 1.58. The first-order valence-corrected chi connectivity index (χ1v) is 7.59. The molecule has 5 nitrogen and oxygen atoms in total. The molecular weight excluding hydrogens is 254 g/mol. The van der Waals surface area contributed by atoms with Crippen LogP contribution in [0.5, 0.6) is 0 Å². The van der Waals surface area contributed by atoms with E-state index in [1.165, 1.54) is 16.4 Å². The second kappa shape index (κ2) is 6.36. The van der Waals surface area contributed by atoms with Gasteiger partial charge in [-0.05, 0) is 18.1 Å². The minimum Gasteiger partial charge on any atom is -0.446 e. The van der Waals surface area contributed by atoms with Crippen LogP contribution in [0.1, 0.15) is 33.0 Å². The van der Waals surface area contributed by atoms with E-state index in [1.807, 2.05) is 13.8 Å². The number of aliphatic hydroxyl groups excluding tert-OH is 1. The van der Waals surface area contributed by atoms with Crippen LogP contribution in [0.3, 0.4) is 0 Å². The zero-order valence-electron chi connectivity index (χ0n) is 11.1. The van der Waals surface area contributed by atoms with E-state index in [1.54, 1.807) is 6.92 Å². The lowest BCUT2D eigenvalue weighted by molar-refractivity contribution is 0.234. The largest absolute Gasteiger partial charge is 0.446 e. The lowest BCUT2D eigenvalue weighted by atomic mass is 10.1. The first-order valence-electron chi connectivity index (χ1n) is 6.15. The molecule has 104 valence electrons. The molecule has 0 spiro atoms. The molecule has 1 unspecified atom stereocenters. The Morgan fingerprint density at radius 2 is 2.06 bits per heavy atom. The average molecular weight is 275 g/mol. The topological polar surface area (TPSA) is 70.8 Å². The molecule has 0 saturated carbocycles. The Bertz CT molecular complexity index is 466. The van der Waals surface area contributed by atoms with Crippen LogP contribution in [0, 0.1) is 5.92 Å². The first-order chi connectivity index (χ1) is 8.45. The molecule has 1 aromatic heterocycles. The van der Waals surface area contributed by atoms with E-state index < -0.39 is 10.0 Å². The highest BCUT2D eigenvalue weighted by molar-refractivity contribution is 7.89. The molecule has 0 aliphatic rings. The Morgan fingerprint density at radius 1 is 1.39 bits per heavy atom. The molecule has 1 aromatic rings. The Balaban J connectivity index is 2.95. The van der Waals surface area contributed by atoms with E-state index in [4.69, 9.17) is 9.52 Å². The van der Waals surface area contributed by atoms with Crippen LogP contribution < -0.4 is 0 Å². The van der Waals surface area contributed by atoms with Crippen molar-refractivity contribution in [3.05, 3.63) is 17.9 Å². The summed E-state index contributed by atoms with van der Waals surface area (Å²) in [6.45, 7) is 6.43. The third-order valence-corrected chi connectivity index (χ3v) is 4.77. The standard InChI is InChI=1S/C12H21NO4S/c1-4-10(3)8-13(5-2)18(15,16)12-7-6-11(9-14)17-12/h6-7,10,14H,4-5,8-9H2,1-3H3. The van der Waals surface area contributed by atoms with Crippen molar-refractivity contribution in [2.24, 2.45) is 5.92 Å². The number of aliphatic hydroxyl groups is 1. The number of furan rings is 1. The van der Waals surface area contributed by atoms with Crippen LogP contribution >= 0.6 is 0 Å². The van der Waals surface area contributed by atoms with Crippen molar-refractivity contribution in [3.8, 4) is 0 Å². The molecule has 0 radical (unpaired) electrons. The van der Waals surface area contributed by atoms with E-state index in [9.17, 15) is 8.42 Å². The molecule has 0 aliphatic carbocycles. The van der Waals surface area contributed by atoms with Crippen molar-refractivity contribution in [2.45, 2.75) is 38.9 Å². The van der Waals surface area contributed by atoms with E-state index >= 15 is 0 Å². The predicted molar refractivity (Wildman–Crippen MR) is 68.5 cm³/mol. The fraction of sp³-hybridized carbons (Fsp3) is 0.667. The molecule has 0 bridgehead atoms. The van der Waals surface area contributed by atoms with Gasteiger partial charge < -0.3 is 9.52 Å². The summed E-state index contributed by atoms with van der Waals surface area (Å²) < 4.78 is 31.1. The van der Waals surface area contributed by atoms with Gasteiger partial charge >= 0.3 is 0 Å². The normalized spacial score (nSPS) is 14.1. The molecule has 1 heterocycles. The number of nitrogens with zero attached hydrogens (tertiary/aromatic N) is 1. The maximum Gasteiger partial charge on any atom is 0.276 e. The van der Waals surface area contributed by atoms with Gasteiger partial charge in [-0.25, -0.2) is 8.42 Å². The van der Waals surface area contributed by atoms with Gasteiger partial charge in [0.2, 0.25) is 5.09 Å². The monoisotopic (exact) mass is 275 g/mol. The Morgan fingerprint density at radius 3 is 2.50 bits per heavy atom. The highest BCUT2D eigenvalue weighted by atomic mass is 32.2. The quantitative estimate of drug-likeness (QED) is 0.824. The summed E-state index contributed by atoms with van der Waals surface area (Å²) in [6.07, 6.45) is 0.923. The van der Waals surface area contributed by atoms with Crippen molar-refractivity contribution >= 4 is 10.0 Å². The maximum absolute atomic E-state index is 12.3. The van der Waals surface area contributed by atoms with Gasteiger partial charge in [0.05, 0.1) is 0 Å². The van der Waals surface area contributed by atoms with Gasteiger partial charge in [0, 0.05) is 13.1 Å². The van der Waals surface area contributed by atoms with Crippen molar-refractivity contribution in [1.82, 2.24) is 4.31 Å². The summed E-state index contributed by atoms with van der Waals surface area (Å²) in [7, 11) is -3.59. The van der Waals surface area contributed by atoms with E-state index in [0.29, 0.717) is 19.0 Å². The third kappa shape index (κ3) is 3.34. The molecule has 18 heavy (non-hydrogen) atoms. The smallest absolute Gasteiger partial charge is 0.276 e. The van der Waals surface area contributed by atoms with E-state index in [-0.39, 0.29) is 17.5 Å². The minimum atomic E-state index is -3.59. The van der Waals surface area contributed by atoms with E-state index in [2.05, 4.69) is 0 Å². The first kappa shape index (κ1) is 15.2. The zero-order chi connectivity index (χ0) is 13.8. The third-order valence-electron chi connectivity index (χ3n) is 2.95. The Hall–Kier alpha value is -0.850. The summed E-state index contributed by atoms with van der Waals surface area (Å²) in [4.78, 5) is 0. The van der Waals surface area contributed by atoms with Gasteiger partial charge in [-0.15, -0.1) is 0 Å². The highest BCUT2D eigenvalue weighted by Gasteiger charge is 2.27. The number of rotatable bonds is 7. The SMILES string of the molecule is CCC(C)CN(CC)S(=O)(=O)c1ccc(CO)o1. The van der Waals surface area contributed by atoms with Gasteiger partial charge in [0.15, 0.2) is 0 Å². The Labute approximate surface area is 108 Å². The number of hydrogen-bond donors (Lipinski definition) is 1. The summed E-state index contributed by atoms with van der Waals surface area (Å²) in [5.74, 6) is 0.556. The summed E-state index contributed by atoms with van der Waals surface area (Å²) in [6, 6.07) is 2.87. The Kier molecular flexibility index (Phi) is 5.37. The highest BCUT2D eigenvalue weighted by Crippen LogP contribution is 2.20. The van der Waals surface area contributed by atoms with Crippen LogP contribution in [0.2, 0.25) is 0 Å². The van der Waals surface area contributed by atoms with Crippen molar-refractivity contribution in [3.63, 3.8) is 0 Å². The second-order valence-electron chi connectivity index (χ2n) is 4.35. The molecule has 6 heteroatoms. The van der Waals surface area contributed by atoms with Crippen molar-refractivity contribution in [2.75, 3.05) is 13.1 Å². The lowest BCUT2D eigenvalue weighted by Gasteiger charge is -2.22. The van der Waals surface area contributed by atoms with Crippen LogP contribution in [0.4, 0.5) is 0 Å². The predicted octanol–water partition coefficient (Wildman–Crippen LogP) is 1.83. The zero-order valence-corrected chi connectivity index (χ0v) is 11.9. The second-order valence-corrected chi connectivity index (χ2v) is 6.22. The molecule has 0 aromatic carbocycles. The van der Waals surface area contributed by atoms with Crippen LogP contribution in [0.25, 0.3) is 0 Å². The molecule has 0 saturated heterocycles. The van der Waals surface area contributed by atoms with Crippen LogP contribution in [0.15, 0.2) is 21.6 Å². The van der Waals surface area contributed by atoms with Gasteiger partial charge in [-0.1, -0.05) is 27.2 Å². The van der Waals surface area contributed by atoms with Gasteiger partial charge in [-0.3, -0.25) is 0 Å². The lowest BCUT2D eigenvalue weighted by Crippen LogP contribution is -2.34. The van der Waals surface area contributed by atoms with Crippen molar-refractivity contribution in [1.29, 1.82) is 0 Å². The summed E-state index contributed by atoms with van der Waals surface area (Å²) in [5.41, 5.74) is 0. The maximum atomic E-state index is 12.3. The molecule has 1 N–H and O–H groups in total. The number of sulfonamides is 1. The minimum absolute atomic E-state index is 0.100. The van der Waals surface area contributed by atoms with Crippen LogP contribution in [-0.4, -0.2) is 30.9 Å². The van der Waals surface area contributed by atoms with Gasteiger partial charge in [-0.2, -0.15) is 4.31 Å². The summed E-state index contributed by atoms with van der Waals surface area (Å²) in [5, 5.41) is 8.79. The molecule has 0 fully saturated rings. The van der Waals surface area contributed by atoms with Crippen molar-refractivity contribution < 1.29 is 17.9 Å². The van der Waals surface area contributed by atoms with Crippen LogP contribution in [-0.2, 0) is 16.6 Å². The summed E-state index contributed by atoms with van der Waals surface area (Å²) >= 11 is 0. The average Bonchev–Trinajstić information content (AvgIpc) is 2.84. The van der Waals surface area contributed by atoms with Gasteiger partial charge in [0.25, 0.3) is 10.0 Å². The number of hydrogen-bond acceptors (Lipinski definition) is 4. The fourth-order valence-corrected chi connectivity index (χ4v) is 3.08. The molecular formula is C12H21NO4S. The molecule has 0 aliphatic heterocycles. The molecule has 1 rings (SSSR count). The molecule has 0 amide bonds. The van der Waals surface area contributed by atoms with Gasteiger partial charge in [0.1, 0.15) is 12.4 Å². The van der Waals surface area contributed by atoms with E-state index in [0.717, 1.165) is 6.42 Å².